The minimum atomic E-state index is -0.152. The van der Waals surface area contributed by atoms with Crippen LogP contribution in [0.3, 0.4) is 0 Å². The SMILES string of the molecule is CC(C)[N+]([O-])=Cc1ccc(-n2[se]c3ccccc3c2=O)o1. The monoisotopic (exact) mass is 350 g/mol. The van der Waals surface area contributed by atoms with Crippen LogP contribution < -0.4 is 5.56 Å². The Hall–Kier alpha value is -2.04. The Morgan fingerprint density at radius 2 is 2.05 bits per heavy atom. The van der Waals surface area contributed by atoms with Crippen molar-refractivity contribution in [1.82, 2.24) is 3.56 Å². The van der Waals surface area contributed by atoms with E-state index in [1.165, 1.54) is 6.21 Å². The average Bonchev–Trinajstić information content (AvgIpc) is 3.04. The fraction of sp³-hybridized carbons (Fsp3) is 0.200. The molecule has 0 N–H and O–H groups in total. The maximum atomic E-state index is 12.3. The first-order chi connectivity index (χ1) is 10.1. The van der Waals surface area contributed by atoms with Crippen LogP contribution in [0.1, 0.15) is 19.6 Å². The van der Waals surface area contributed by atoms with Gasteiger partial charge in [0.2, 0.25) is 0 Å². The summed E-state index contributed by atoms with van der Waals surface area (Å²) < 4.78 is 9.13. The molecule has 21 heavy (non-hydrogen) atoms. The second-order valence-corrected chi connectivity index (χ2v) is 7.02. The summed E-state index contributed by atoms with van der Waals surface area (Å²) in [6, 6.07) is 10.8. The van der Waals surface area contributed by atoms with Crippen LogP contribution in [0.25, 0.3) is 15.5 Å². The van der Waals surface area contributed by atoms with E-state index in [4.69, 9.17) is 4.42 Å². The molecule has 0 amide bonds. The second kappa shape index (κ2) is 5.39. The number of nitrogens with zero attached hydrogens (tertiary/aromatic N) is 2. The summed E-state index contributed by atoms with van der Waals surface area (Å²) in [5.41, 5.74) is -0.0469. The van der Waals surface area contributed by atoms with Gasteiger partial charge >= 0.3 is 127 Å². The van der Waals surface area contributed by atoms with Crippen molar-refractivity contribution in [2.75, 3.05) is 0 Å². The number of fused-ring (bicyclic) bond motifs is 1. The number of rotatable bonds is 3. The van der Waals surface area contributed by atoms with E-state index in [1.54, 1.807) is 29.5 Å². The molecule has 0 saturated carbocycles. The Kier molecular flexibility index (Phi) is 3.57. The summed E-state index contributed by atoms with van der Waals surface area (Å²) in [4.78, 5) is 12.3. The van der Waals surface area contributed by atoms with Crippen LogP contribution in [-0.4, -0.2) is 35.3 Å². The van der Waals surface area contributed by atoms with Crippen LogP contribution in [0.2, 0.25) is 0 Å². The quantitative estimate of drug-likeness (QED) is 0.239. The molecule has 5 nitrogen and oxygen atoms in total. The van der Waals surface area contributed by atoms with Crippen molar-refractivity contribution in [3.05, 3.63) is 57.7 Å². The molecular formula is C15H14N2O3Se. The summed E-state index contributed by atoms with van der Waals surface area (Å²) >= 11 is -0.127. The Bertz CT molecular complexity index is 870. The molecule has 0 aliphatic rings. The van der Waals surface area contributed by atoms with Crippen molar-refractivity contribution < 1.29 is 9.16 Å². The number of hydroxylamine groups is 1. The molecular weight excluding hydrogens is 335 g/mol. The predicted octanol–water partition coefficient (Wildman–Crippen LogP) is 1.98. The fourth-order valence-electron chi connectivity index (χ4n) is 1.91. The summed E-state index contributed by atoms with van der Waals surface area (Å²) in [5, 5.41) is 12.3. The molecule has 3 aromatic rings. The van der Waals surface area contributed by atoms with Gasteiger partial charge in [0, 0.05) is 0 Å². The Labute approximate surface area is 127 Å². The molecule has 1 aromatic carbocycles. The number of aromatic nitrogens is 1. The van der Waals surface area contributed by atoms with Gasteiger partial charge in [-0.3, -0.25) is 0 Å². The average molecular weight is 349 g/mol. The van der Waals surface area contributed by atoms with E-state index in [2.05, 4.69) is 0 Å². The topological polar surface area (TPSA) is 61.2 Å². The molecule has 0 aliphatic carbocycles. The summed E-state index contributed by atoms with van der Waals surface area (Å²) in [6.07, 6.45) is 1.40. The summed E-state index contributed by atoms with van der Waals surface area (Å²) in [5.74, 6) is 0.938. The van der Waals surface area contributed by atoms with E-state index in [0.717, 1.165) is 14.4 Å². The van der Waals surface area contributed by atoms with Gasteiger partial charge in [-0.15, -0.1) is 0 Å². The van der Waals surface area contributed by atoms with Crippen molar-refractivity contribution >= 4 is 30.6 Å². The van der Waals surface area contributed by atoms with E-state index in [0.29, 0.717) is 11.6 Å². The van der Waals surface area contributed by atoms with Crippen LogP contribution >= 0.6 is 0 Å². The molecule has 2 heterocycles. The van der Waals surface area contributed by atoms with Gasteiger partial charge < -0.3 is 0 Å². The van der Waals surface area contributed by atoms with Crippen LogP contribution in [0.15, 0.2) is 45.6 Å². The van der Waals surface area contributed by atoms with Gasteiger partial charge in [-0.2, -0.15) is 0 Å². The van der Waals surface area contributed by atoms with Gasteiger partial charge in [-0.25, -0.2) is 0 Å². The van der Waals surface area contributed by atoms with E-state index in [1.807, 2.05) is 24.3 Å². The van der Waals surface area contributed by atoms with E-state index in [9.17, 15) is 10.0 Å². The standard InChI is InChI=1S/C15H14N2O3Se/c1-10(2)16(19)9-11-7-8-14(20-11)17-15(18)12-5-3-4-6-13(12)21-17/h3-10H,1-2H3. The molecule has 0 fully saturated rings. The van der Waals surface area contributed by atoms with Crippen molar-refractivity contribution in [2.24, 2.45) is 0 Å². The molecule has 0 aliphatic heterocycles. The van der Waals surface area contributed by atoms with Gasteiger partial charge in [0.25, 0.3) is 0 Å². The summed E-state index contributed by atoms with van der Waals surface area (Å²) in [7, 11) is 0. The third-order valence-electron chi connectivity index (χ3n) is 3.07. The zero-order valence-electron chi connectivity index (χ0n) is 11.6. The first-order valence-electron chi connectivity index (χ1n) is 6.58. The Morgan fingerprint density at radius 1 is 1.29 bits per heavy atom. The predicted molar refractivity (Wildman–Crippen MR) is 82.7 cm³/mol. The number of hydrogen-bond donors (Lipinski definition) is 0. The number of hydrogen-bond acceptors (Lipinski definition) is 3. The van der Waals surface area contributed by atoms with Gasteiger partial charge in [0.15, 0.2) is 0 Å². The molecule has 6 heteroatoms. The van der Waals surface area contributed by atoms with Crippen molar-refractivity contribution in [2.45, 2.75) is 19.9 Å². The number of benzene rings is 1. The van der Waals surface area contributed by atoms with Gasteiger partial charge in [-0.1, -0.05) is 0 Å². The molecule has 0 radical (unpaired) electrons. The fourth-order valence-corrected chi connectivity index (χ4v) is 3.92. The van der Waals surface area contributed by atoms with Crippen LogP contribution in [0, 0.1) is 5.21 Å². The number of furan rings is 1. The second-order valence-electron chi connectivity index (χ2n) is 4.95. The molecule has 3 rings (SSSR count). The zero-order valence-corrected chi connectivity index (χ0v) is 13.4. The Balaban J connectivity index is 2.05. The van der Waals surface area contributed by atoms with Gasteiger partial charge in [0.1, 0.15) is 0 Å². The first-order valence-corrected chi connectivity index (χ1v) is 8.20. The van der Waals surface area contributed by atoms with Crippen molar-refractivity contribution in [1.29, 1.82) is 0 Å². The summed E-state index contributed by atoms with van der Waals surface area (Å²) in [6.45, 7) is 3.61. The molecule has 0 bridgehead atoms. The first kappa shape index (κ1) is 13.9. The van der Waals surface area contributed by atoms with Crippen molar-refractivity contribution in [3.63, 3.8) is 0 Å². The van der Waals surface area contributed by atoms with Crippen LogP contribution in [-0.2, 0) is 0 Å². The molecule has 0 unspecified atom stereocenters. The molecule has 108 valence electrons. The molecule has 2 aromatic heterocycles. The normalized spacial score (nSPS) is 12.4. The molecule has 0 saturated heterocycles. The van der Waals surface area contributed by atoms with Gasteiger partial charge in [0.05, 0.1) is 0 Å². The van der Waals surface area contributed by atoms with E-state index >= 15 is 0 Å². The third-order valence-corrected chi connectivity index (χ3v) is 5.34. The molecule has 0 atom stereocenters. The molecule has 0 spiro atoms. The van der Waals surface area contributed by atoms with E-state index < -0.39 is 0 Å². The van der Waals surface area contributed by atoms with Crippen LogP contribution in [0.4, 0.5) is 0 Å². The third kappa shape index (κ3) is 2.60. The zero-order chi connectivity index (χ0) is 15.0. The van der Waals surface area contributed by atoms with Crippen LogP contribution in [0.5, 0.6) is 0 Å². The minimum absolute atomic E-state index is 0.0469. The Morgan fingerprint density at radius 3 is 2.76 bits per heavy atom. The van der Waals surface area contributed by atoms with Gasteiger partial charge in [-0.05, 0) is 0 Å². The maximum absolute atomic E-state index is 12.3. The van der Waals surface area contributed by atoms with E-state index in [-0.39, 0.29) is 26.3 Å². The van der Waals surface area contributed by atoms with Crippen molar-refractivity contribution in [3.8, 4) is 5.88 Å².